The van der Waals surface area contributed by atoms with Crippen molar-refractivity contribution >= 4 is 11.8 Å². The number of hydrogen-bond donors (Lipinski definition) is 2. The Bertz CT molecular complexity index is 490. The fraction of sp³-hybridized carbons (Fsp3) is 0.333. The molecule has 18 heavy (non-hydrogen) atoms. The number of nitrogens with one attached hydrogen (secondary N) is 2. The van der Waals surface area contributed by atoms with Crippen LogP contribution in [0.15, 0.2) is 18.2 Å². The molecule has 2 rings (SSSR count). The number of amides is 2. The summed E-state index contributed by atoms with van der Waals surface area (Å²) in [4.78, 5) is 22.3. The van der Waals surface area contributed by atoms with E-state index in [1.165, 1.54) is 19.2 Å². The van der Waals surface area contributed by atoms with E-state index in [1.807, 2.05) is 0 Å². The number of carbonyl (C=O) groups excluding carboxylic acids is 2. The third-order valence-corrected chi connectivity index (χ3v) is 2.69. The van der Waals surface area contributed by atoms with Crippen LogP contribution in [0.25, 0.3) is 0 Å². The van der Waals surface area contributed by atoms with Gasteiger partial charge in [-0.3, -0.25) is 14.9 Å². The lowest BCUT2D eigenvalue weighted by Crippen LogP contribution is -2.35. The molecule has 1 heterocycles. The van der Waals surface area contributed by atoms with Crippen molar-refractivity contribution in [2.75, 3.05) is 7.11 Å². The van der Waals surface area contributed by atoms with Crippen LogP contribution in [0.5, 0.6) is 5.75 Å². The van der Waals surface area contributed by atoms with E-state index in [0.29, 0.717) is 17.9 Å². The molecule has 1 unspecified atom stereocenters. The van der Waals surface area contributed by atoms with Gasteiger partial charge in [0.2, 0.25) is 11.8 Å². The van der Waals surface area contributed by atoms with Gasteiger partial charge >= 0.3 is 0 Å². The Morgan fingerprint density at radius 2 is 2.22 bits per heavy atom. The van der Waals surface area contributed by atoms with Gasteiger partial charge in [0.05, 0.1) is 19.6 Å². The molecular weight excluding hydrogens is 239 g/mol. The molecule has 6 heteroatoms. The molecule has 96 valence electrons. The Kier molecular flexibility index (Phi) is 3.57. The average Bonchev–Trinajstić information content (AvgIpc) is 2.64. The highest BCUT2D eigenvalue weighted by Gasteiger charge is 2.29. The van der Waals surface area contributed by atoms with Crippen molar-refractivity contribution in [2.24, 2.45) is 0 Å². The van der Waals surface area contributed by atoms with Gasteiger partial charge in [-0.2, -0.15) is 0 Å². The monoisotopic (exact) mass is 252 g/mol. The van der Waals surface area contributed by atoms with Crippen LogP contribution in [-0.2, 0) is 16.1 Å². The lowest BCUT2D eigenvalue weighted by atomic mass is 10.2. The van der Waals surface area contributed by atoms with E-state index in [2.05, 4.69) is 10.6 Å². The standard InChI is InChI=1S/C12H13FN2O3/c1-18-9-3-7(2-8(13)4-9)6-14-10-5-11(16)15-12(10)17/h2-4,10,14H,5-6H2,1H3,(H,15,16,17). The van der Waals surface area contributed by atoms with E-state index < -0.39 is 11.9 Å². The highest BCUT2D eigenvalue weighted by atomic mass is 19.1. The second-order valence-electron chi connectivity index (χ2n) is 4.05. The summed E-state index contributed by atoms with van der Waals surface area (Å²) in [5.41, 5.74) is 0.652. The fourth-order valence-electron chi connectivity index (χ4n) is 1.80. The van der Waals surface area contributed by atoms with E-state index in [9.17, 15) is 14.0 Å². The summed E-state index contributed by atoms with van der Waals surface area (Å²) >= 11 is 0. The zero-order valence-corrected chi connectivity index (χ0v) is 9.83. The highest BCUT2D eigenvalue weighted by Crippen LogP contribution is 2.16. The van der Waals surface area contributed by atoms with Gasteiger partial charge < -0.3 is 10.1 Å². The maximum absolute atomic E-state index is 13.2. The lowest BCUT2D eigenvalue weighted by Gasteiger charge is -2.10. The van der Waals surface area contributed by atoms with Crippen LogP contribution in [0.4, 0.5) is 4.39 Å². The van der Waals surface area contributed by atoms with Crippen LogP contribution >= 0.6 is 0 Å². The normalized spacial score (nSPS) is 18.9. The maximum atomic E-state index is 13.2. The van der Waals surface area contributed by atoms with E-state index in [1.54, 1.807) is 6.07 Å². The van der Waals surface area contributed by atoms with Crippen molar-refractivity contribution in [1.29, 1.82) is 0 Å². The van der Waals surface area contributed by atoms with E-state index in [-0.39, 0.29) is 18.2 Å². The quantitative estimate of drug-likeness (QED) is 0.758. The predicted octanol–water partition coefficient (Wildman–Crippen LogP) is 0.339. The molecule has 2 N–H and O–H groups in total. The number of halogens is 1. The van der Waals surface area contributed by atoms with Crippen molar-refractivity contribution in [2.45, 2.75) is 19.0 Å². The third kappa shape index (κ3) is 2.84. The largest absolute Gasteiger partial charge is 0.497 e. The van der Waals surface area contributed by atoms with Crippen LogP contribution in [0, 0.1) is 5.82 Å². The molecule has 1 aromatic rings. The molecule has 1 saturated heterocycles. The van der Waals surface area contributed by atoms with E-state index in [0.717, 1.165) is 0 Å². The Hall–Kier alpha value is -1.95. The van der Waals surface area contributed by atoms with Crippen molar-refractivity contribution in [1.82, 2.24) is 10.6 Å². The molecule has 0 spiro atoms. The number of methoxy groups -OCH3 is 1. The predicted molar refractivity (Wildman–Crippen MR) is 61.3 cm³/mol. The summed E-state index contributed by atoms with van der Waals surface area (Å²) in [5, 5.41) is 5.10. The van der Waals surface area contributed by atoms with Crippen LogP contribution in [0.2, 0.25) is 0 Å². The minimum atomic E-state index is -0.549. The number of ether oxygens (including phenoxy) is 1. The minimum Gasteiger partial charge on any atom is -0.497 e. The van der Waals surface area contributed by atoms with Crippen molar-refractivity contribution in [3.8, 4) is 5.75 Å². The number of imide groups is 1. The smallest absolute Gasteiger partial charge is 0.244 e. The number of carbonyl (C=O) groups is 2. The molecule has 5 nitrogen and oxygen atoms in total. The number of hydrogen-bond acceptors (Lipinski definition) is 4. The van der Waals surface area contributed by atoms with Gasteiger partial charge in [0, 0.05) is 12.6 Å². The van der Waals surface area contributed by atoms with Gasteiger partial charge in [-0.1, -0.05) is 0 Å². The Labute approximate surface area is 103 Å². The zero-order chi connectivity index (χ0) is 13.1. The summed E-state index contributed by atoms with van der Waals surface area (Å²) in [7, 11) is 1.45. The lowest BCUT2D eigenvalue weighted by molar-refractivity contribution is -0.125. The Morgan fingerprint density at radius 1 is 1.44 bits per heavy atom. The van der Waals surface area contributed by atoms with Gasteiger partial charge in [-0.05, 0) is 17.7 Å². The van der Waals surface area contributed by atoms with Gasteiger partial charge in [-0.25, -0.2) is 4.39 Å². The van der Waals surface area contributed by atoms with Gasteiger partial charge in [0.1, 0.15) is 11.6 Å². The first-order valence-corrected chi connectivity index (χ1v) is 5.49. The second-order valence-corrected chi connectivity index (χ2v) is 4.05. The highest BCUT2D eigenvalue weighted by molar-refractivity contribution is 6.05. The average molecular weight is 252 g/mol. The summed E-state index contributed by atoms with van der Waals surface area (Å²) < 4.78 is 18.2. The fourth-order valence-corrected chi connectivity index (χ4v) is 1.80. The SMILES string of the molecule is COc1cc(F)cc(CNC2CC(=O)NC2=O)c1. The van der Waals surface area contributed by atoms with Crippen molar-refractivity contribution < 1.29 is 18.7 Å². The first kappa shape index (κ1) is 12.5. The molecule has 0 saturated carbocycles. The summed E-state index contributed by atoms with van der Waals surface area (Å²) in [6, 6.07) is 3.75. The molecule has 1 fully saturated rings. The summed E-state index contributed by atoms with van der Waals surface area (Å²) in [6.07, 6.45) is 0.116. The van der Waals surface area contributed by atoms with Gasteiger partial charge in [-0.15, -0.1) is 0 Å². The molecule has 0 aromatic heterocycles. The van der Waals surface area contributed by atoms with Crippen molar-refractivity contribution in [3.63, 3.8) is 0 Å². The van der Waals surface area contributed by atoms with Crippen LogP contribution in [-0.4, -0.2) is 25.0 Å². The number of benzene rings is 1. The number of rotatable bonds is 4. The first-order valence-electron chi connectivity index (χ1n) is 5.49. The molecule has 0 bridgehead atoms. The molecule has 0 aliphatic carbocycles. The molecule has 1 aliphatic heterocycles. The molecule has 0 radical (unpaired) electrons. The topological polar surface area (TPSA) is 67.4 Å². The summed E-state index contributed by atoms with van der Waals surface area (Å²) in [6.45, 7) is 0.291. The minimum absolute atomic E-state index is 0.116. The van der Waals surface area contributed by atoms with Crippen molar-refractivity contribution in [3.05, 3.63) is 29.6 Å². The zero-order valence-electron chi connectivity index (χ0n) is 9.83. The first-order chi connectivity index (χ1) is 8.58. The maximum Gasteiger partial charge on any atom is 0.244 e. The van der Waals surface area contributed by atoms with E-state index >= 15 is 0 Å². The summed E-state index contributed by atoms with van der Waals surface area (Å²) in [5.74, 6) is -0.630. The second kappa shape index (κ2) is 5.14. The molecule has 1 atom stereocenters. The molecule has 1 aromatic carbocycles. The molecule has 1 aliphatic rings. The Morgan fingerprint density at radius 3 is 2.83 bits per heavy atom. The molecule has 2 amide bonds. The van der Waals surface area contributed by atoms with E-state index in [4.69, 9.17) is 4.74 Å². The third-order valence-electron chi connectivity index (χ3n) is 2.69. The van der Waals surface area contributed by atoms with Crippen LogP contribution < -0.4 is 15.4 Å². The Balaban J connectivity index is 2.00. The molecular formula is C12H13FN2O3. The van der Waals surface area contributed by atoms with Gasteiger partial charge in [0.15, 0.2) is 0 Å². The van der Waals surface area contributed by atoms with Crippen LogP contribution in [0.3, 0.4) is 0 Å². The van der Waals surface area contributed by atoms with Crippen LogP contribution in [0.1, 0.15) is 12.0 Å². The van der Waals surface area contributed by atoms with Gasteiger partial charge in [0.25, 0.3) is 0 Å².